The van der Waals surface area contributed by atoms with Gasteiger partial charge < -0.3 is 9.64 Å². The fourth-order valence-electron chi connectivity index (χ4n) is 2.90. The Kier molecular flexibility index (Phi) is 5.08. The number of nitrogens with one attached hydrogen (secondary N) is 1. The Bertz CT molecular complexity index is 807. The molecular formula is C17H22N4O3S. The van der Waals surface area contributed by atoms with Crippen molar-refractivity contribution < 1.29 is 13.2 Å². The van der Waals surface area contributed by atoms with Crippen molar-refractivity contribution in [1.29, 1.82) is 0 Å². The molecular weight excluding hydrogens is 340 g/mol. The molecule has 2 heterocycles. The molecule has 0 aliphatic carbocycles. The number of piperidine rings is 1. The summed E-state index contributed by atoms with van der Waals surface area (Å²) in [6.45, 7) is 4.12. The second-order valence-corrected chi connectivity index (χ2v) is 7.93. The van der Waals surface area contributed by atoms with E-state index in [0.717, 1.165) is 25.3 Å². The number of nitrogens with zero attached hydrogens (tertiary/aromatic N) is 3. The summed E-state index contributed by atoms with van der Waals surface area (Å²) < 4.78 is 32.3. The van der Waals surface area contributed by atoms with Gasteiger partial charge in [0.1, 0.15) is 5.75 Å². The van der Waals surface area contributed by atoms with Crippen molar-refractivity contribution in [3.63, 3.8) is 0 Å². The topological polar surface area (TPSA) is 84.4 Å². The van der Waals surface area contributed by atoms with Gasteiger partial charge in [0.05, 0.1) is 12.0 Å². The van der Waals surface area contributed by atoms with Crippen LogP contribution in [0.15, 0.2) is 41.3 Å². The van der Waals surface area contributed by atoms with E-state index >= 15 is 0 Å². The summed E-state index contributed by atoms with van der Waals surface area (Å²) in [5.74, 6) is 2.20. The van der Waals surface area contributed by atoms with Crippen molar-refractivity contribution in [2.45, 2.75) is 24.7 Å². The first kappa shape index (κ1) is 17.5. The van der Waals surface area contributed by atoms with Crippen LogP contribution < -0.4 is 14.4 Å². The van der Waals surface area contributed by atoms with E-state index in [4.69, 9.17) is 4.74 Å². The van der Waals surface area contributed by atoms with Gasteiger partial charge in [0.25, 0.3) is 10.0 Å². The quantitative estimate of drug-likeness (QED) is 0.880. The Morgan fingerprint density at radius 1 is 1.16 bits per heavy atom. The van der Waals surface area contributed by atoms with Crippen molar-refractivity contribution in [3.8, 4) is 5.75 Å². The molecule has 1 aliphatic rings. The van der Waals surface area contributed by atoms with E-state index < -0.39 is 10.0 Å². The average Bonchev–Trinajstić information content (AvgIpc) is 2.62. The first-order valence-electron chi connectivity index (χ1n) is 8.23. The maximum atomic E-state index is 12.4. The molecule has 1 N–H and O–H groups in total. The molecule has 1 unspecified atom stereocenters. The van der Waals surface area contributed by atoms with Crippen molar-refractivity contribution in [1.82, 2.24) is 10.2 Å². The summed E-state index contributed by atoms with van der Waals surface area (Å²) in [5.41, 5.74) is 0. The second kappa shape index (κ2) is 7.26. The van der Waals surface area contributed by atoms with Gasteiger partial charge in [0, 0.05) is 13.1 Å². The smallest absolute Gasteiger partial charge is 0.263 e. The van der Waals surface area contributed by atoms with Crippen LogP contribution in [0.2, 0.25) is 0 Å². The molecule has 0 amide bonds. The zero-order valence-corrected chi connectivity index (χ0v) is 15.2. The van der Waals surface area contributed by atoms with Crippen LogP contribution in [0, 0.1) is 5.92 Å². The van der Waals surface area contributed by atoms with Gasteiger partial charge in [0.2, 0.25) is 0 Å². The molecule has 1 aliphatic heterocycles. The van der Waals surface area contributed by atoms with Crippen LogP contribution in [0.25, 0.3) is 0 Å². The number of hydrogen-bond acceptors (Lipinski definition) is 6. The summed E-state index contributed by atoms with van der Waals surface area (Å²) in [5, 5.41) is 8.19. The summed E-state index contributed by atoms with van der Waals surface area (Å²) >= 11 is 0. The SMILES string of the molecule is COc1ccc(S(=O)(=O)Nc2ccc(N3CCCC(C)C3)nn2)cc1. The summed E-state index contributed by atoms with van der Waals surface area (Å²) in [6, 6.07) is 9.61. The molecule has 0 radical (unpaired) electrons. The Morgan fingerprint density at radius 2 is 1.92 bits per heavy atom. The van der Waals surface area contributed by atoms with Crippen LogP contribution in [0.1, 0.15) is 19.8 Å². The van der Waals surface area contributed by atoms with Gasteiger partial charge in [-0.25, -0.2) is 8.42 Å². The Hall–Kier alpha value is -2.35. The maximum absolute atomic E-state index is 12.4. The highest BCUT2D eigenvalue weighted by molar-refractivity contribution is 7.92. The fraction of sp³-hybridized carbons (Fsp3) is 0.412. The number of ether oxygens (including phenoxy) is 1. The molecule has 1 aromatic heterocycles. The third-order valence-corrected chi connectivity index (χ3v) is 5.61. The van der Waals surface area contributed by atoms with Gasteiger partial charge in [-0.15, -0.1) is 10.2 Å². The highest BCUT2D eigenvalue weighted by Gasteiger charge is 2.19. The maximum Gasteiger partial charge on any atom is 0.263 e. The van der Waals surface area contributed by atoms with Gasteiger partial charge in [-0.1, -0.05) is 6.92 Å². The highest BCUT2D eigenvalue weighted by atomic mass is 32.2. The number of rotatable bonds is 5. The monoisotopic (exact) mass is 362 g/mol. The summed E-state index contributed by atoms with van der Waals surface area (Å²) in [6.07, 6.45) is 2.36. The Morgan fingerprint density at radius 3 is 2.52 bits per heavy atom. The van der Waals surface area contributed by atoms with Gasteiger partial charge >= 0.3 is 0 Å². The number of methoxy groups -OCH3 is 1. The van der Waals surface area contributed by atoms with Crippen LogP contribution >= 0.6 is 0 Å². The van der Waals surface area contributed by atoms with Crippen LogP contribution in [0.3, 0.4) is 0 Å². The molecule has 1 saturated heterocycles. The lowest BCUT2D eigenvalue weighted by molar-refractivity contribution is 0.414. The molecule has 7 nitrogen and oxygen atoms in total. The van der Waals surface area contributed by atoms with E-state index in [-0.39, 0.29) is 10.7 Å². The molecule has 1 fully saturated rings. The molecule has 0 saturated carbocycles. The lowest BCUT2D eigenvalue weighted by atomic mass is 10.0. The van der Waals surface area contributed by atoms with E-state index in [9.17, 15) is 8.42 Å². The minimum Gasteiger partial charge on any atom is -0.497 e. The van der Waals surface area contributed by atoms with Gasteiger partial charge in [-0.3, -0.25) is 4.72 Å². The molecule has 134 valence electrons. The van der Waals surface area contributed by atoms with Gasteiger partial charge in [0.15, 0.2) is 11.6 Å². The Balaban J connectivity index is 1.71. The number of benzene rings is 1. The molecule has 2 aromatic rings. The van der Waals surface area contributed by atoms with Crippen molar-refractivity contribution in [2.75, 3.05) is 29.8 Å². The number of sulfonamides is 1. The van der Waals surface area contributed by atoms with Crippen molar-refractivity contribution in [3.05, 3.63) is 36.4 Å². The second-order valence-electron chi connectivity index (χ2n) is 6.25. The highest BCUT2D eigenvalue weighted by Crippen LogP contribution is 2.22. The van der Waals surface area contributed by atoms with Gasteiger partial charge in [-0.05, 0) is 55.2 Å². The molecule has 0 bridgehead atoms. The first-order chi connectivity index (χ1) is 12.0. The summed E-state index contributed by atoms with van der Waals surface area (Å²) in [4.78, 5) is 2.33. The third-order valence-electron chi connectivity index (χ3n) is 4.24. The van der Waals surface area contributed by atoms with E-state index in [1.54, 1.807) is 24.3 Å². The number of hydrogen-bond donors (Lipinski definition) is 1. The zero-order chi connectivity index (χ0) is 17.9. The number of aromatic nitrogens is 2. The van der Waals surface area contributed by atoms with E-state index in [1.807, 2.05) is 0 Å². The lowest BCUT2D eigenvalue weighted by Crippen LogP contribution is -2.34. The average molecular weight is 362 g/mol. The Labute approximate surface area is 148 Å². The van der Waals surface area contributed by atoms with Crippen LogP contribution in [-0.2, 0) is 10.0 Å². The van der Waals surface area contributed by atoms with Crippen LogP contribution in [-0.4, -0.2) is 38.8 Å². The lowest BCUT2D eigenvalue weighted by Gasteiger charge is -2.31. The predicted octanol–water partition coefficient (Wildman–Crippen LogP) is 2.52. The van der Waals surface area contributed by atoms with Crippen molar-refractivity contribution in [2.24, 2.45) is 5.92 Å². The predicted molar refractivity (Wildman–Crippen MR) is 96.4 cm³/mol. The van der Waals surface area contributed by atoms with Crippen molar-refractivity contribution >= 4 is 21.7 Å². The molecule has 8 heteroatoms. The van der Waals surface area contributed by atoms with E-state index in [2.05, 4.69) is 26.7 Å². The fourth-order valence-corrected chi connectivity index (χ4v) is 3.89. The van der Waals surface area contributed by atoms with Crippen LogP contribution in [0.5, 0.6) is 5.75 Å². The minimum absolute atomic E-state index is 0.143. The minimum atomic E-state index is -3.71. The standard InChI is InChI=1S/C17H22N4O3S/c1-13-4-3-11-21(12-13)17-10-9-16(18-19-17)20-25(22,23)15-7-5-14(24-2)6-8-15/h5-10,13H,3-4,11-12H2,1-2H3,(H,18,20). The number of anilines is 2. The molecule has 1 aromatic carbocycles. The third kappa shape index (κ3) is 4.19. The van der Waals surface area contributed by atoms with Crippen LogP contribution in [0.4, 0.5) is 11.6 Å². The largest absolute Gasteiger partial charge is 0.497 e. The molecule has 3 rings (SSSR count). The first-order valence-corrected chi connectivity index (χ1v) is 9.72. The van der Waals surface area contributed by atoms with E-state index in [0.29, 0.717) is 11.7 Å². The molecule has 25 heavy (non-hydrogen) atoms. The van der Waals surface area contributed by atoms with Gasteiger partial charge in [-0.2, -0.15) is 0 Å². The summed E-state index contributed by atoms with van der Waals surface area (Å²) in [7, 11) is -2.18. The zero-order valence-electron chi connectivity index (χ0n) is 14.3. The molecule has 1 atom stereocenters. The normalized spacial score (nSPS) is 18.0. The van der Waals surface area contributed by atoms with E-state index in [1.165, 1.54) is 25.7 Å². The molecule has 0 spiro atoms.